The van der Waals surface area contributed by atoms with Gasteiger partial charge in [-0.15, -0.1) is 0 Å². The number of hydrogen-bond acceptors (Lipinski definition) is 3. The number of nitrogens with two attached hydrogens (primary N) is 1. The average molecular weight is 218 g/mol. The van der Waals surface area contributed by atoms with Crippen molar-refractivity contribution in [3.8, 4) is 5.75 Å². The van der Waals surface area contributed by atoms with Crippen LogP contribution in [0.3, 0.4) is 0 Å². The van der Waals surface area contributed by atoms with Crippen LogP contribution in [0.4, 0.5) is 0 Å². The maximum atomic E-state index is 11.8. The monoisotopic (exact) mass is 218 g/mol. The van der Waals surface area contributed by atoms with Crippen molar-refractivity contribution in [3.05, 3.63) is 30.0 Å². The van der Waals surface area contributed by atoms with Gasteiger partial charge in [0.1, 0.15) is 5.75 Å². The molecule has 1 aromatic heterocycles. The molecule has 4 nitrogen and oxygen atoms in total. The topological polar surface area (TPSA) is 68.1 Å². The van der Waals surface area contributed by atoms with E-state index in [0.29, 0.717) is 24.3 Å². The van der Waals surface area contributed by atoms with Crippen molar-refractivity contribution in [3.63, 3.8) is 0 Å². The van der Waals surface area contributed by atoms with Gasteiger partial charge >= 0.3 is 0 Å². The number of nitrogens with one attached hydrogen (secondary N) is 1. The third-order valence-electron chi connectivity index (χ3n) is 2.56. The first-order valence-electron chi connectivity index (χ1n) is 5.15. The van der Waals surface area contributed by atoms with Crippen LogP contribution >= 0.6 is 0 Å². The van der Waals surface area contributed by atoms with E-state index in [1.54, 1.807) is 13.2 Å². The van der Waals surface area contributed by atoms with Crippen LogP contribution in [0.1, 0.15) is 16.8 Å². The highest BCUT2D eigenvalue weighted by atomic mass is 16.5. The SMILES string of the molecule is COc1c(C(=O)CCN)ccc2[nH]ccc12. The van der Waals surface area contributed by atoms with Crippen molar-refractivity contribution < 1.29 is 9.53 Å². The first-order chi connectivity index (χ1) is 7.77. The number of hydrogen-bond donors (Lipinski definition) is 2. The largest absolute Gasteiger partial charge is 0.495 e. The zero-order valence-corrected chi connectivity index (χ0v) is 9.12. The van der Waals surface area contributed by atoms with E-state index in [0.717, 1.165) is 10.9 Å². The van der Waals surface area contributed by atoms with Gasteiger partial charge in [0.15, 0.2) is 5.78 Å². The molecule has 0 atom stereocenters. The van der Waals surface area contributed by atoms with E-state index >= 15 is 0 Å². The third-order valence-corrected chi connectivity index (χ3v) is 2.56. The maximum Gasteiger partial charge on any atom is 0.167 e. The molecule has 2 aromatic rings. The van der Waals surface area contributed by atoms with Crippen LogP contribution in [0.2, 0.25) is 0 Å². The average Bonchev–Trinajstić information content (AvgIpc) is 2.75. The van der Waals surface area contributed by atoms with Crippen LogP contribution < -0.4 is 10.5 Å². The molecule has 0 fully saturated rings. The van der Waals surface area contributed by atoms with E-state index in [9.17, 15) is 4.79 Å². The van der Waals surface area contributed by atoms with Gasteiger partial charge in [-0.05, 0) is 24.7 Å². The lowest BCUT2D eigenvalue weighted by atomic mass is 10.0. The Kier molecular flexibility index (Phi) is 2.92. The molecule has 2 rings (SSSR count). The number of H-pyrrole nitrogens is 1. The van der Waals surface area contributed by atoms with Crippen LogP contribution in [-0.4, -0.2) is 24.4 Å². The van der Waals surface area contributed by atoms with E-state index in [4.69, 9.17) is 10.5 Å². The summed E-state index contributed by atoms with van der Waals surface area (Å²) in [6, 6.07) is 5.55. The van der Waals surface area contributed by atoms with Gasteiger partial charge in [0.2, 0.25) is 0 Å². The molecular formula is C12H14N2O2. The number of aromatic nitrogens is 1. The summed E-state index contributed by atoms with van der Waals surface area (Å²) in [6.07, 6.45) is 2.16. The first-order valence-corrected chi connectivity index (χ1v) is 5.15. The summed E-state index contributed by atoms with van der Waals surface area (Å²) in [5.41, 5.74) is 6.94. The number of Topliss-reactive ketones (excluding diaryl/α,β-unsaturated/α-hetero) is 1. The highest BCUT2D eigenvalue weighted by molar-refractivity contribution is 6.04. The van der Waals surface area contributed by atoms with E-state index in [1.807, 2.05) is 18.3 Å². The number of methoxy groups -OCH3 is 1. The summed E-state index contributed by atoms with van der Waals surface area (Å²) >= 11 is 0. The van der Waals surface area contributed by atoms with Crippen molar-refractivity contribution >= 4 is 16.7 Å². The van der Waals surface area contributed by atoms with Crippen molar-refractivity contribution in [1.82, 2.24) is 4.98 Å². The van der Waals surface area contributed by atoms with E-state index in [-0.39, 0.29) is 5.78 Å². The highest BCUT2D eigenvalue weighted by Crippen LogP contribution is 2.29. The standard InChI is InChI=1S/C12H14N2O2/c1-16-12-8-5-7-14-10(8)3-2-9(12)11(15)4-6-13/h2-3,5,7,14H,4,6,13H2,1H3. The fourth-order valence-electron chi connectivity index (χ4n) is 1.81. The molecule has 1 heterocycles. The van der Waals surface area contributed by atoms with Gasteiger partial charge < -0.3 is 15.5 Å². The molecule has 0 aliphatic heterocycles. The molecular weight excluding hydrogens is 204 g/mol. The number of benzene rings is 1. The van der Waals surface area contributed by atoms with Gasteiger partial charge in [-0.1, -0.05) is 0 Å². The zero-order valence-electron chi connectivity index (χ0n) is 9.12. The molecule has 3 N–H and O–H groups in total. The molecule has 0 unspecified atom stereocenters. The number of rotatable bonds is 4. The van der Waals surface area contributed by atoms with Gasteiger partial charge in [-0.25, -0.2) is 0 Å². The molecule has 0 spiro atoms. The Morgan fingerprint density at radius 3 is 2.94 bits per heavy atom. The Balaban J connectivity index is 2.56. The Hall–Kier alpha value is -1.81. The molecule has 0 aliphatic rings. The summed E-state index contributed by atoms with van der Waals surface area (Å²) in [4.78, 5) is 14.9. The predicted octanol–water partition coefficient (Wildman–Crippen LogP) is 1.71. The fraction of sp³-hybridized carbons (Fsp3) is 0.250. The lowest BCUT2D eigenvalue weighted by molar-refractivity contribution is 0.0983. The molecule has 4 heteroatoms. The molecule has 16 heavy (non-hydrogen) atoms. The van der Waals surface area contributed by atoms with E-state index in [1.165, 1.54) is 0 Å². The predicted molar refractivity (Wildman–Crippen MR) is 62.9 cm³/mol. The maximum absolute atomic E-state index is 11.8. The number of aromatic amines is 1. The first kappa shape index (κ1) is 10.7. The van der Waals surface area contributed by atoms with Gasteiger partial charge in [0.05, 0.1) is 12.7 Å². The molecule has 84 valence electrons. The minimum Gasteiger partial charge on any atom is -0.495 e. The smallest absolute Gasteiger partial charge is 0.167 e. The summed E-state index contributed by atoms with van der Waals surface area (Å²) in [6.45, 7) is 0.354. The molecule has 0 bridgehead atoms. The van der Waals surface area contributed by atoms with E-state index < -0.39 is 0 Å². The second-order valence-corrected chi connectivity index (χ2v) is 3.55. The Bertz CT molecular complexity index is 517. The summed E-state index contributed by atoms with van der Waals surface area (Å²) in [5, 5.41) is 0.922. The lowest BCUT2D eigenvalue weighted by Gasteiger charge is -2.08. The minimum absolute atomic E-state index is 0.0162. The van der Waals surface area contributed by atoms with Gasteiger partial charge in [0.25, 0.3) is 0 Å². The second-order valence-electron chi connectivity index (χ2n) is 3.55. The zero-order chi connectivity index (χ0) is 11.5. The minimum atomic E-state index is 0.0162. The Morgan fingerprint density at radius 1 is 1.44 bits per heavy atom. The molecule has 0 saturated carbocycles. The molecule has 0 saturated heterocycles. The Labute approximate surface area is 93.4 Å². The highest BCUT2D eigenvalue weighted by Gasteiger charge is 2.14. The lowest BCUT2D eigenvalue weighted by Crippen LogP contribution is -2.09. The molecule has 0 radical (unpaired) electrons. The van der Waals surface area contributed by atoms with Crippen molar-refractivity contribution in [2.75, 3.05) is 13.7 Å². The quantitative estimate of drug-likeness (QED) is 0.767. The number of ketones is 1. The summed E-state index contributed by atoms with van der Waals surface area (Å²) < 4.78 is 5.30. The number of carbonyl (C=O) groups is 1. The number of fused-ring (bicyclic) bond motifs is 1. The summed E-state index contributed by atoms with van der Waals surface area (Å²) in [5.74, 6) is 0.639. The van der Waals surface area contributed by atoms with Crippen LogP contribution in [0.25, 0.3) is 10.9 Å². The second kappa shape index (κ2) is 4.37. The van der Waals surface area contributed by atoms with Gasteiger partial charge in [0, 0.05) is 23.5 Å². The fourth-order valence-corrected chi connectivity index (χ4v) is 1.81. The Morgan fingerprint density at radius 2 is 2.25 bits per heavy atom. The van der Waals surface area contributed by atoms with Crippen molar-refractivity contribution in [2.45, 2.75) is 6.42 Å². The van der Waals surface area contributed by atoms with Gasteiger partial charge in [-0.3, -0.25) is 4.79 Å². The number of carbonyl (C=O) groups excluding carboxylic acids is 1. The van der Waals surface area contributed by atoms with Crippen LogP contribution in [-0.2, 0) is 0 Å². The molecule has 0 amide bonds. The van der Waals surface area contributed by atoms with Crippen LogP contribution in [0.5, 0.6) is 5.75 Å². The third kappa shape index (κ3) is 1.67. The van der Waals surface area contributed by atoms with Gasteiger partial charge in [-0.2, -0.15) is 0 Å². The molecule has 0 aliphatic carbocycles. The summed E-state index contributed by atoms with van der Waals surface area (Å²) in [7, 11) is 1.57. The van der Waals surface area contributed by atoms with Crippen molar-refractivity contribution in [2.24, 2.45) is 5.73 Å². The molecule has 1 aromatic carbocycles. The van der Waals surface area contributed by atoms with Crippen LogP contribution in [0, 0.1) is 0 Å². The number of ether oxygens (including phenoxy) is 1. The van der Waals surface area contributed by atoms with E-state index in [2.05, 4.69) is 4.98 Å². The van der Waals surface area contributed by atoms with Crippen molar-refractivity contribution in [1.29, 1.82) is 0 Å². The normalized spacial score (nSPS) is 10.6. The van der Waals surface area contributed by atoms with Crippen LogP contribution in [0.15, 0.2) is 24.4 Å².